The van der Waals surface area contributed by atoms with Crippen LogP contribution in [0.1, 0.15) is 11.1 Å². The van der Waals surface area contributed by atoms with Crippen molar-refractivity contribution in [2.24, 2.45) is 0 Å². The number of amides is 2. The van der Waals surface area contributed by atoms with E-state index in [-0.39, 0.29) is 19.1 Å². The largest absolute Gasteiger partial charge is 0.483 e. The van der Waals surface area contributed by atoms with Crippen molar-refractivity contribution in [1.29, 1.82) is 0 Å². The molecular weight excluding hydrogens is 248 g/mol. The molecule has 104 valence electrons. The average Bonchev–Trinajstić information content (AvgIpc) is 2.39. The van der Waals surface area contributed by atoms with E-state index in [9.17, 15) is 9.59 Å². The first-order valence-electron chi connectivity index (χ1n) is 5.84. The van der Waals surface area contributed by atoms with Crippen LogP contribution in [0, 0.1) is 13.8 Å². The number of hydrogen-bond acceptors (Lipinski definition) is 4. The van der Waals surface area contributed by atoms with Crippen LogP contribution in [0.4, 0.5) is 0 Å². The lowest BCUT2D eigenvalue weighted by atomic mass is 10.1. The highest BCUT2D eigenvalue weighted by atomic mass is 16.7. The fraction of sp³-hybridized carbons (Fsp3) is 0.385. The first-order chi connectivity index (χ1) is 9.02. The summed E-state index contributed by atoms with van der Waals surface area (Å²) < 4.78 is 5.37. The van der Waals surface area contributed by atoms with E-state index in [1.54, 1.807) is 0 Å². The monoisotopic (exact) mass is 266 g/mol. The Morgan fingerprint density at radius 1 is 1.16 bits per heavy atom. The zero-order valence-corrected chi connectivity index (χ0v) is 11.3. The molecule has 0 aliphatic carbocycles. The number of hydrogen-bond donors (Lipinski definition) is 2. The van der Waals surface area contributed by atoms with Crippen LogP contribution >= 0.6 is 0 Å². The zero-order chi connectivity index (χ0) is 14.3. The van der Waals surface area contributed by atoms with Gasteiger partial charge in [-0.2, -0.15) is 0 Å². The molecule has 6 nitrogen and oxygen atoms in total. The molecule has 0 saturated carbocycles. The second kappa shape index (κ2) is 7.38. The van der Waals surface area contributed by atoms with Gasteiger partial charge in [0.1, 0.15) is 5.75 Å². The van der Waals surface area contributed by atoms with Crippen LogP contribution in [0.2, 0.25) is 0 Å². The molecule has 1 aromatic carbocycles. The van der Waals surface area contributed by atoms with Crippen LogP contribution in [-0.4, -0.2) is 32.1 Å². The third-order valence-electron chi connectivity index (χ3n) is 2.37. The van der Waals surface area contributed by atoms with Gasteiger partial charge >= 0.3 is 0 Å². The second-order valence-electron chi connectivity index (χ2n) is 4.04. The Bertz CT molecular complexity index is 460. The van der Waals surface area contributed by atoms with Crippen molar-refractivity contribution in [2.75, 3.05) is 20.3 Å². The van der Waals surface area contributed by atoms with Gasteiger partial charge in [0.15, 0.2) is 13.2 Å². The standard InChI is InChI=1S/C13H18N2O4/c1-9-4-5-10(2)11(6-9)18-7-13(17)15-19-8-12(16)14-3/h4-6H,7-8H2,1-3H3,(H,14,16)(H,15,17). The highest BCUT2D eigenvalue weighted by molar-refractivity contribution is 5.78. The van der Waals surface area contributed by atoms with Crippen molar-refractivity contribution in [3.63, 3.8) is 0 Å². The normalized spacial score (nSPS) is 9.84. The highest BCUT2D eigenvalue weighted by Crippen LogP contribution is 2.18. The molecule has 0 spiro atoms. The minimum absolute atomic E-state index is 0.169. The van der Waals surface area contributed by atoms with Crippen LogP contribution in [0.25, 0.3) is 0 Å². The predicted molar refractivity (Wildman–Crippen MR) is 69.6 cm³/mol. The Balaban J connectivity index is 2.34. The van der Waals surface area contributed by atoms with E-state index < -0.39 is 5.91 Å². The molecule has 0 aromatic heterocycles. The molecule has 0 fully saturated rings. The Kier molecular flexibility index (Phi) is 5.81. The Morgan fingerprint density at radius 3 is 2.58 bits per heavy atom. The second-order valence-corrected chi connectivity index (χ2v) is 4.04. The Morgan fingerprint density at radius 2 is 1.89 bits per heavy atom. The van der Waals surface area contributed by atoms with E-state index >= 15 is 0 Å². The smallest absolute Gasteiger partial charge is 0.281 e. The van der Waals surface area contributed by atoms with Crippen molar-refractivity contribution >= 4 is 11.8 Å². The van der Waals surface area contributed by atoms with Crippen LogP contribution in [0.3, 0.4) is 0 Å². The number of likely N-dealkylation sites (N-methyl/N-ethyl adjacent to an activating group) is 1. The van der Waals surface area contributed by atoms with Gasteiger partial charge in [-0.25, -0.2) is 5.48 Å². The average molecular weight is 266 g/mol. The van der Waals surface area contributed by atoms with Gasteiger partial charge in [0.2, 0.25) is 5.91 Å². The van der Waals surface area contributed by atoms with Crippen molar-refractivity contribution in [3.05, 3.63) is 29.3 Å². The molecular formula is C13H18N2O4. The summed E-state index contributed by atoms with van der Waals surface area (Å²) in [6, 6.07) is 5.74. The molecule has 1 aromatic rings. The summed E-state index contributed by atoms with van der Waals surface area (Å²) in [5.74, 6) is -0.123. The van der Waals surface area contributed by atoms with E-state index in [0.29, 0.717) is 5.75 Å². The summed E-state index contributed by atoms with van der Waals surface area (Å²) in [6.45, 7) is 3.44. The Hall–Kier alpha value is -2.08. The van der Waals surface area contributed by atoms with Crippen LogP contribution in [0.15, 0.2) is 18.2 Å². The summed E-state index contributed by atoms with van der Waals surface area (Å²) in [5.41, 5.74) is 4.13. The fourth-order valence-corrected chi connectivity index (χ4v) is 1.29. The van der Waals surface area contributed by atoms with Gasteiger partial charge in [0.05, 0.1) is 0 Å². The molecule has 19 heavy (non-hydrogen) atoms. The number of rotatable bonds is 6. The molecule has 1 rings (SSSR count). The molecule has 0 atom stereocenters. The number of ether oxygens (including phenoxy) is 1. The van der Waals surface area contributed by atoms with E-state index in [0.717, 1.165) is 11.1 Å². The third kappa shape index (κ3) is 5.39. The number of carbonyl (C=O) groups excluding carboxylic acids is 2. The van der Waals surface area contributed by atoms with Gasteiger partial charge in [0.25, 0.3) is 5.91 Å². The number of benzene rings is 1. The first-order valence-corrected chi connectivity index (χ1v) is 5.84. The summed E-state index contributed by atoms with van der Waals surface area (Å²) in [5, 5.41) is 2.36. The molecule has 0 unspecified atom stereocenters. The molecule has 0 bridgehead atoms. The summed E-state index contributed by atoms with van der Waals surface area (Å²) in [4.78, 5) is 26.9. The van der Waals surface area contributed by atoms with E-state index in [1.165, 1.54) is 7.05 Å². The molecule has 0 saturated heterocycles. The van der Waals surface area contributed by atoms with Gasteiger partial charge in [-0.15, -0.1) is 0 Å². The summed E-state index contributed by atoms with van der Waals surface area (Å²) in [7, 11) is 1.48. The van der Waals surface area contributed by atoms with Gasteiger partial charge < -0.3 is 10.1 Å². The van der Waals surface area contributed by atoms with Crippen molar-refractivity contribution in [3.8, 4) is 5.75 Å². The minimum atomic E-state index is -0.454. The number of nitrogens with one attached hydrogen (secondary N) is 2. The van der Waals surface area contributed by atoms with Crippen LogP contribution in [0.5, 0.6) is 5.75 Å². The number of hydroxylamine groups is 1. The van der Waals surface area contributed by atoms with Crippen molar-refractivity contribution in [1.82, 2.24) is 10.8 Å². The lowest BCUT2D eigenvalue weighted by molar-refractivity contribution is -0.140. The number of aryl methyl sites for hydroxylation is 2. The zero-order valence-electron chi connectivity index (χ0n) is 11.3. The predicted octanol–water partition coefficient (Wildman–Crippen LogP) is 0.476. The topological polar surface area (TPSA) is 76.7 Å². The van der Waals surface area contributed by atoms with Gasteiger partial charge in [-0.1, -0.05) is 12.1 Å². The summed E-state index contributed by atoms with van der Waals surface area (Å²) >= 11 is 0. The van der Waals surface area contributed by atoms with E-state index in [4.69, 9.17) is 9.57 Å². The van der Waals surface area contributed by atoms with Crippen LogP contribution < -0.4 is 15.5 Å². The summed E-state index contributed by atoms with van der Waals surface area (Å²) in [6.07, 6.45) is 0. The van der Waals surface area contributed by atoms with Gasteiger partial charge in [-0.05, 0) is 31.0 Å². The molecule has 0 radical (unpaired) electrons. The lowest BCUT2D eigenvalue weighted by Gasteiger charge is -2.10. The molecule has 6 heteroatoms. The molecule has 0 aliphatic rings. The van der Waals surface area contributed by atoms with Gasteiger partial charge in [-0.3, -0.25) is 14.4 Å². The molecule has 0 aliphatic heterocycles. The highest BCUT2D eigenvalue weighted by Gasteiger charge is 2.06. The van der Waals surface area contributed by atoms with Crippen molar-refractivity contribution < 1.29 is 19.2 Å². The Labute approximate surface area is 112 Å². The number of carbonyl (C=O) groups is 2. The van der Waals surface area contributed by atoms with Crippen LogP contribution in [-0.2, 0) is 14.4 Å². The first kappa shape index (κ1) is 15.0. The van der Waals surface area contributed by atoms with E-state index in [2.05, 4.69) is 10.8 Å². The quantitative estimate of drug-likeness (QED) is 0.734. The fourth-order valence-electron chi connectivity index (χ4n) is 1.29. The maximum Gasteiger partial charge on any atom is 0.281 e. The van der Waals surface area contributed by atoms with Crippen molar-refractivity contribution in [2.45, 2.75) is 13.8 Å². The molecule has 2 N–H and O–H groups in total. The van der Waals surface area contributed by atoms with Gasteiger partial charge in [0, 0.05) is 7.05 Å². The maximum atomic E-state index is 11.4. The molecule has 2 amide bonds. The minimum Gasteiger partial charge on any atom is -0.483 e. The SMILES string of the molecule is CNC(=O)CONC(=O)COc1cc(C)ccc1C. The maximum absolute atomic E-state index is 11.4. The third-order valence-corrected chi connectivity index (χ3v) is 2.37. The lowest BCUT2D eigenvalue weighted by Crippen LogP contribution is -2.33. The molecule has 0 heterocycles. The van der Waals surface area contributed by atoms with E-state index in [1.807, 2.05) is 32.0 Å².